The van der Waals surface area contributed by atoms with E-state index in [4.69, 9.17) is 26.1 Å². The van der Waals surface area contributed by atoms with Crippen molar-refractivity contribution in [2.45, 2.75) is 12.6 Å². The Hall–Kier alpha value is -3.31. The van der Waals surface area contributed by atoms with Crippen molar-refractivity contribution in [3.63, 3.8) is 0 Å². The van der Waals surface area contributed by atoms with Gasteiger partial charge in [0.05, 0.1) is 36.0 Å². The molecule has 3 aromatic carbocycles. The summed E-state index contributed by atoms with van der Waals surface area (Å²) in [5, 5.41) is 6.47. The molecule has 0 bridgehead atoms. The highest BCUT2D eigenvalue weighted by atomic mass is 79.9. The van der Waals surface area contributed by atoms with Gasteiger partial charge in [0.15, 0.2) is 6.23 Å². The van der Waals surface area contributed by atoms with Crippen molar-refractivity contribution in [3.05, 3.63) is 94.1 Å². The van der Waals surface area contributed by atoms with E-state index in [-0.39, 0.29) is 11.5 Å². The van der Waals surface area contributed by atoms with Crippen molar-refractivity contribution in [1.29, 1.82) is 0 Å². The molecule has 0 spiro atoms. The number of nitrogens with zero attached hydrogens (tertiary/aromatic N) is 3. The fraction of sp³-hybridized carbons (Fsp3) is 0.192. The van der Waals surface area contributed by atoms with E-state index in [9.17, 15) is 8.78 Å². The van der Waals surface area contributed by atoms with Crippen LogP contribution in [-0.4, -0.2) is 34.6 Å². The van der Waals surface area contributed by atoms with Crippen LogP contribution in [0.25, 0.3) is 16.9 Å². The maximum absolute atomic E-state index is 14.5. The number of benzene rings is 3. The molecule has 36 heavy (non-hydrogen) atoms. The van der Waals surface area contributed by atoms with Gasteiger partial charge in [0, 0.05) is 28.3 Å². The van der Waals surface area contributed by atoms with Gasteiger partial charge in [-0.3, -0.25) is 4.84 Å². The van der Waals surface area contributed by atoms with Gasteiger partial charge in [0.1, 0.15) is 11.6 Å². The van der Waals surface area contributed by atoms with Crippen molar-refractivity contribution in [1.82, 2.24) is 14.8 Å². The molecular formula is C26H24BrF2N5O2. The summed E-state index contributed by atoms with van der Waals surface area (Å²) in [6.07, 6.45) is 1.58. The van der Waals surface area contributed by atoms with Crippen molar-refractivity contribution in [3.8, 4) is 16.9 Å². The van der Waals surface area contributed by atoms with Gasteiger partial charge in [-0.2, -0.15) is 10.2 Å². The lowest BCUT2D eigenvalue weighted by Crippen LogP contribution is -2.38. The lowest BCUT2D eigenvalue weighted by atomic mass is 10.1. The number of ether oxygens (including phenoxy) is 1. The molecule has 0 saturated carbocycles. The van der Waals surface area contributed by atoms with Crippen LogP contribution in [0.4, 0.5) is 20.2 Å². The Morgan fingerprint density at radius 3 is 2.44 bits per heavy atom. The normalized spacial score (nSPS) is 16.4. The van der Waals surface area contributed by atoms with Gasteiger partial charge in [-0.1, -0.05) is 15.9 Å². The smallest absolute Gasteiger partial charge is 0.162 e. The second-order valence-corrected chi connectivity index (χ2v) is 9.30. The molecule has 5 rings (SSSR count). The topological polar surface area (TPSA) is 91.6 Å². The Bertz CT molecular complexity index is 1360. The molecule has 0 aliphatic carbocycles. The molecular weight excluding hydrogens is 532 g/mol. The van der Waals surface area contributed by atoms with Crippen LogP contribution in [0.5, 0.6) is 0 Å². The first kappa shape index (κ1) is 24.4. The molecule has 4 aromatic rings. The highest BCUT2D eigenvalue weighted by Gasteiger charge is 2.31. The third-order valence-corrected chi connectivity index (χ3v) is 6.48. The molecule has 7 nitrogen and oxygen atoms in total. The zero-order valence-electron chi connectivity index (χ0n) is 19.2. The first-order chi connectivity index (χ1) is 17.4. The van der Waals surface area contributed by atoms with Crippen molar-refractivity contribution in [2.24, 2.45) is 0 Å². The van der Waals surface area contributed by atoms with Gasteiger partial charge < -0.3 is 16.2 Å². The average molecular weight is 556 g/mol. The number of hydrogen-bond acceptors (Lipinski definition) is 6. The summed E-state index contributed by atoms with van der Waals surface area (Å²) in [7, 11) is 0. The molecule has 0 radical (unpaired) electrons. The fourth-order valence-corrected chi connectivity index (χ4v) is 4.36. The molecule has 1 atom stereocenters. The number of halogens is 3. The fourth-order valence-electron chi connectivity index (χ4n) is 4.09. The largest absolute Gasteiger partial charge is 0.397 e. The lowest BCUT2D eigenvalue weighted by molar-refractivity contribution is -0.303. The van der Waals surface area contributed by atoms with Crippen molar-refractivity contribution >= 4 is 27.3 Å². The highest BCUT2D eigenvalue weighted by molar-refractivity contribution is 9.10. The van der Waals surface area contributed by atoms with Crippen LogP contribution in [0, 0.1) is 11.6 Å². The van der Waals surface area contributed by atoms with E-state index in [2.05, 4.69) is 15.9 Å². The third kappa shape index (κ3) is 5.12. The summed E-state index contributed by atoms with van der Waals surface area (Å²) in [6, 6.07) is 16.6. The second-order valence-electron chi connectivity index (χ2n) is 8.38. The number of hydroxylamine groups is 2. The number of aromatic nitrogens is 2. The summed E-state index contributed by atoms with van der Waals surface area (Å²) in [5.74, 6) is -0.762. The van der Waals surface area contributed by atoms with Crippen LogP contribution in [0.15, 0.2) is 71.3 Å². The maximum atomic E-state index is 14.5. The first-order valence-electron chi connectivity index (χ1n) is 11.3. The molecule has 4 N–H and O–H groups in total. The molecule has 1 fully saturated rings. The van der Waals surface area contributed by atoms with Gasteiger partial charge in [-0.15, -0.1) is 0 Å². The number of hydrogen-bond donors (Lipinski definition) is 2. The van der Waals surface area contributed by atoms with Crippen molar-refractivity contribution < 1.29 is 18.4 Å². The van der Waals surface area contributed by atoms with Gasteiger partial charge in [0.25, 0.3) is 0 Å². The average Bonchev–Trinajstić information content (AvgIpc) is 3.32. The van der Waals surface area contributed by atoms with E-state index in [0.717, 1.165) is 21.3 Å². The predicted molar refractivity (Wildman–Crippen MR) is 137 cm³/mol. The summed E-state index contributed by atoms with van der Waals surface area (Å²) in [5.41, 5.74) is 15.5. The molecule has 1 saturated heterocycles. The standard InChI is InChI=1S/C26H24BrF2N5O2/c27-18-3-7-20(8-4-18)33-15-21(25(32-33)16-1-5-19(28)6-2-16)26-34(36-12-11-35-26)10-9-17-13-23(30)24(31)14-22(17)29/h1-8,13-15,26H,9-12,30-31H2. The van der Waals surface area contributed by atoms with Gasteiger partial charge in [-0.25, -0.2) is 13.5 Å². The third-order valence-electron chi connectivity index (χ3n) is 5.95. The maximum Gasteiger partial charge on any atom is 0.162 e. The molecule has 1 unspecified atom stereocenters. The number of nitrogens with two attached hydrogens (primary N) is 2. The van der Waals surface area contributed by atoms with Crippen molar-refractivity contribution in [2.75, 3.05) is 31.2 Å². The predicted octanol–water partition coefficient (Wildman–Crippen LogP) is 5.25. The second kappa shape index (κ2) is 10.4. The van der Waals surface area contributed by atoms with E-state index >= 15 is 0 Å². The Morgan fingerprint density at radius 2 is 1.69 bits per heavy atom. The lowest BCUT2D eigenvalue weighted by Gasteiger charge is -2.34. The Morgan fingerprint density at radius 1 is 0.972 bits per heavy atom. The van der Waals surface area contributed by atoms with Crippen LogP contribution >= 0.6 is 15.9 Å². The van der Waals surface area contributed by atoms with Crippen LogP contribution in [-0.2, 0) is 16.0 Å². The van der Waals surface area contributed by atoms with Gasteiger partial charge in [-0.05, 0) is 72.6 Å². The van der Waals surface area contributed by atoms with Gasteiger partial charge >= 0.3 is 0 Å². The van der Waals surface area contributed by atoms with E-state index < -0.39 is 12.0 Å². The van der Waals surface area contributed by atoms with E-state index in [1.807, 2.05) is 30.5 Å². The molecule has 0 amide bonds. The zero-order valence-corrected chi connectivity index (χ0v) is 20.8. The number of rotatable bonds is 6. The molecule has 1 aliphatic rings. The summed E-state index contributed by atoms with van der Waals surface area (Å²) >= 11 is 3.45. The molecule has 1 aliphatic heterocycles. The first-order valence-corrected chi connectivity index (χ1v) is 12.1. The number of nitrogen functional groups attached to an aromatic ring is 2. The van der Waals surface area contributed by atoms with Crippen LogP contribution < -0.4 is 11.5 Å². The summed E-state index contributed by atoms with van der Waals surface area (Å²) < 4.78 is 36.9. The number of anilines is 2. The minimum absolute atomic E-state index is 0.205. The van der Waals surface area contributed by atoms with E-state index in [0.29, 0.717) is 43.1 Å². The SMILES string of the molecule is Nc1cc(F)c(CCN2OCCOC2c2cn(-c3ccc(Br)cc3)nc2-c2ccc(F)cc2)cc1N. The van der Waals surface area contributed by atoms with Crippen LogP contribution in [0.1, 0.15) is 17.4 Å². The van der Waals surface area contributed by atoms with E-state index in [1.54, 1.807) is 27.9 Å². The van der Waals surface area contributed by atoms with Gasteiger partial charge in [0.2, 0.25) is 0 Å². The molecule has 2 heterocycles. The summed E-state index contributed by atoms with van der Waals surface area (Å²) in [4.78, 5) is 5.93. The molecule has 186 valence electrons. The Kier molecular flexibility index (Phi) is 7.01. The zero-order chi connectivity index (χ0) is 25.2. The minimum atomic E-state index is -0.614. The highest BCUT2D eigenvalue weighted by Crippen LogP contribution is 2.34. The summed E-state index contributed by atoms with van der Waals surface area (Å²) in [6.45, 7) is 1.06. The molecule has 1 aromatic heterocycles. The Labute approximate surface area is 215 Å². The Balaban J connectivity index is 1.49. The quantitative estimate of drug-likeness (QED) is 0.316. The van der Waals surface area contributed by atoms with Crippen LogP contribution in [0.2, 0.25) is 0 Å². The van der Waals surface area contributed by atoms with Crippen LogP contribution in [0.3, 0.4) is 0 Å². The van der Waals surface area contributed by atoms with E-state index in [1.165, 1.54) is 18.2 Å². The monoisotopic (exact) mass is 555 g/mol. The molecule has 10 heteroatoms. The minimum Gasteiger partial charge on any atom is -0.397 e.